The van der Waals surface area contributed by atoms with Crippen molar-refractivity contribution in [1.29, 1.82) is 0 Å². The maximum Gasteiger partial charge on any atom is 0.0695 e. The van der Waals surface area contributed by atoms with Gasteiger partial charge >= 0.3 is 0 Å². The van der Waals surface area contributed by atoms with Gasteiger partial charge in [0.25, 0.3) is 0 Å². The highest BCUT2D eigenvalue weighted by Crippen LogP contribution is 2.22. The maximum absolute atomic E-state index is 9.85. The summed E-state index contributed by atoms with van der Waals surface area (Å²) >= 11 is 0. The van der Waals surface area contributed by atoms with Gasteiger partial charge in [-0.05, 0) is 32.9 Å². The number of aliphatic hydroxyl groups is 1. The zero-order chi connectivity index (χ0) is 10.4. The van der Waals surface area contributed by atoms with E-state index in [2.05, 4.69) is 18.9 Å². The Kier molecular flexibility index (Phi) is 5.49. The van der Waals surface area contributed by atoms with E-state index in [1.807, 2.05) is 0 Å². The summed E-state index contributed by atoms with van der Waals surface area (Å²) in [7, 11) is 2.16. The second kappa shape index (κ2) is 6.41. The Labute approximate surface area is 88.3 Å². The van der Waals surface area contributed by atoms with Crippen molar-refractivity contribution < 1.29 is 5.11 Å². The second-order valence-electron chi connectivity index (χ2n) is 4.61. The van der Waals surface area contributed by atoms with E-state index in [-0.39, 0.29) is 6.10 Å². The Balaban J connectivity index is 2.23. The highest BCUT2D eigenvalue weighted by molar-refractivity contribution is 4.81. The van der Waals surface area contributed by atoms with E-state index in [0.717, 1.165) is 13.0 Å². The van der Waals surface area contributed by atoms with Crippen LogP contribution in [0.15, 0.2) is 0 Å². The Morgan fingerprint density at radius 1 is 1.21 bits per heavy atom. The van der Waals surface area contributed by atoms with Crippen molar-refractivity contribution in [2.24, 2.45) is 0 Å². The SMILES string of the molecule is CCCCCN(C)C1CCCCC1O. The molecule has 0 amide bonds. The molecule has 2 heteroatoms. The van der Waals surface area contributed by atoms with Gasteiger partial charge in [-0.1, -0.05) is 32.6 Å². The molecular weight excluding hydrogens is 174 g/mol. The Bertz CT molecular complexity index is 149. The number of rotatable bonds is 5. The van der Waals surface area contributed by atoms with Gasteiger partial charge in [-0.25, -0.2) is 0 Å². The van der Waals surface area contributed by atoms with E-state index >= 15 is 0 Å². The molecule has 2 atom stereocenters. The van der Waals surface area contributed by atoms with Crippen molar-refractivity contribution in [1.82, 2.24) is 4.90 Å². The lowest BCUT2D eigenvalue weighted by atomic mass is 9.91. The number of unbranched alkanes of at least 4 members (excludes halogenated alkanes) is 2. The molecule has 0 heterocycles. The van der Waals surface area contributed by atoms with Gasteiger partial charge in [-0.2, -0.15) is 0 Å². The Hall–Kier alpha value is -0.0800. The average Bonchev–Trinajstić information content (AvgIpc) is 2.18. The zero-order valence-corrected chi connectivity index (χ0v) is 9.71. The third-order valence-electron chi connectivity index (χ3n) is 3.37. The number of hydrogen-bond donors (Lipinski definition) is 1. The van der Waals surface area contributed by atoms with Gasteiger partial charge in [0.2, 0.25) is 0 Å². The van der Waals surface area contributed by atoms with Crippen molar-refractivity contribution in [3.8, 4) is 0 Å². The molecule has 1 saturated carbocycles. The van der Waals surface area contributed by atoms with Crippen LogP contribution in [0.2, 0.25) is 0 Å². The topological polar surface area (TPSA) is 23.5 Å². The first-order valence-corrected chi connectivity index (χ1v) is 6.14. The summed E-state index contributed by atoms with van der Waals surface area (Å²) in [6.07, 6.45) is 8.48. The van der Waals surface area contributed by atoms with Gasteiger partial charge < -0.3 is 10.0 Å². The van der Waals surface area contributed by atoms with Crippen LogP contribution in [-0.4, -0.2) is 35.7 Å². The number of nitrogens with zero attached hydrogens (tertiary/aromatic N) is 1. The molecule has 0 aromatic rings. The molecule has 0 aromatic heterocycles. The highest BCUT2D eigenvalue weighted by Gasteiger charge is 2.25. The summed E-state index contributed by atoms with van der Waals surface area (Å²) in [5, 5.41) is 9.85. The van der Waals surface area contributed by atoms with Gasteiger partial charge in [0.05, 0.1) is 6.10 Å². The van der Waals surface area contributed by atoms with Crippen molar-refractivity contribution in [3.63, 3.8) is 0 Å². The monoisotopic (exact) mass is 199 g/mol. The first-order valence-electron chi connectivity index (χ1n) is 6.14. The van der Waals surface area contributed by atoms with E-state index in [1.165, 1.54) is 38.5 Å². The van der Waals surface area contributed by atoms with E-state index in [9.17, 15) is 5.11 Å². The Morgan fingerprint density at radius 2 is 1.93 bits per heavy atom. The molecular formula is C12H25NO. The predicted molar refractivity (Wildman–Crippen MR) is 60.4 cm³/mol. The Morgan fingerprint density at radius 3 is 2.57 bits per heavy atom. The van der Waals surface area contributed by atoms with Gasteiger partial charge in [-0.15, -0.1) is 0 Å². The second-order valence-corrected chi connectivity index (χ2v) is 4.61. The first kappa shape index (κ1) is 12.0. The van der Waals surface area contributed by atoms with Crippen LogP contribution in [0.4, 0.5) is 0 Å². The van der Waals surface area contributed by atoms with Crippen molar-refractivity contribution in [2.45, 2.75) is 64.0 Å². The van der Waals surface area contributed by atoms with Gasteiger partial charge in [-0.3, -0.25) is 0 Å². The average molecular weight is 199 g/mol. The minimum Gasteiger partial charge on any atom is -0.391 e. The fourth-order valence-electron chi connectivity index (χ4n) is 2.38. The summed E-state index contributed by atoms with van der Waals surface area (Å²) in [6.45, 7) is 3.38. The molecule has 84 valence electrons. The summed E-state index contributed by atoms with van der Waals surface area (Å²) < 4.78 is 0. The number of hydrogen-bond acceptors (Lipinski definition) is 2. The quantitative estimate of drug-likeness (QED) is 0.687. The molecule has 0 aromatic carbocycles. The standard InChI is InChI=1S/C12H25NO/c1-3-4-7-10-13(2)11-8-5-6-9-12(11)14/h11-12,14H,3-10H2,1-2H3. The molecule has 0 aliphatic heterocycles. The third-order valence-corrected chi connectivity index (χ3v) is 3.37. The van der Waals surface area contributed by atoms with Crippen LogP contribution in [0.5, 0.6) is 0 Å². The molecule has 0 bridgehead atoms. The third kappa shape index (κ3) is 3.58. The predicted octanol–water partition coefficient (Wildman–Crippen LogP) is 2.41. The van der Waals surface area contributed by atoms with E-state index in [4.69, 9.17) is 0 Å². The van der Waals surface area contributed by atoms with Crippen LogP contribution in [0.25, 0.3) is 0 Å². The summed E-state index contributed by atoms with van der Waals surface area (Å²) in [4.78, 5) is 2.36. The fraction of sp³-hybridized carbons (Fsp3) is 1.00. The van der Waals surface area contributed by atoms with E-state index < -0.39 is 0 Å². The summed E-state index contributed by atoms with van der Waals surface area (Å²) in [6, 6.07) is 0.431. The zero-order valence-electron chi connectivity index (χ0n) is 9.71. The van der Waals surface area contributed by atoms with E-state index in [0.29, 0.717) is 6.04 Å². The van der Waals surface area contributed by atoms with Gasteiger partial charge in [0, 0.05) is 6.04 Å². The van der Waals surface area contributed by atoms with Crippen molar-refractivity contribution >= 4 is 0 Å². The largest absolute Gasteiger partial charge is 0.391 e. The summed E-state index contributed by atoms with van der Waals surface area (Å²) in [5.74, 6) is 0. The van der Waals surface area contributed by atoms with Crippen molar-refractivity contribution in [3.05, 3.63) is 0 Å². The minimum atomic E-state index is -0.0737. The molecule has 1 aliphatic carbocycles. The van der Waals surface area contributed by atoms with Crippen LogP contribution in [-0.2, 0) is 0 Å². The molecule has 2 unspecified atom stereocenters. The van der Waals surface area contributed by atoms with Crippen LogP contribution in [0.3, 0.4) is 0 Å². The fourth-order valence-corrected chi connectivity index (χ4v) is 2.38. The van der Waals surface area contributed by atoms with Crippen molar-refractivity contribution in [2.75, 3.05) is 13.6 Å². The van der Waals surface area contributed by atoms with Crippen LogP contribution in [0.1, 0.15) is 51.9 Å². The van der Waals surface area contributed by atoms with Crippen LogP contribution in [0, 0.1) is 0 Å². The van der Waals surface area contributed by atoms with Gasteiger partial charge in [0.15, 0.2) is 0 Å². The maximum atomic E-state index is 9.85. The lowest BCUT2D eigenvalue weighted by molar-refractivity contribution is 0.0316. The lowest BCUT2D eigenvalue weighted by Crippen LogP contribution is -2.43. The molecule has 1 fully saturated rings. The molecule has 1 aliphatic rings. The lowest BCUT2D eigenvalue weighted by Gasteiger charge is -2.35. The molecule has 0 radical (unpaired) electrons. The molecule has 1 N–H and O–H groups in total. The number of aliphatic hydroxyl groups excluding tert-OH is 1. The normalized spacial score (nSPS) is 28.3. The smallest absolute Gasteiger partial charge is 0.0695 e. The molecule has 14 heavy (non-hydrogen) atoms. The molecule has 0 saturated heterocycles. The molecule has 0 spiro atoms. The first-order chi connectivity index (χ1) is 6.75. The van der Waals surface area contributed by atoms with Gasteiger partial charge in [0.1, 0.15) is 0 Å². The number of likely N-dealkylation sites (N-methyl/N-ethyl adjacent to an activating group) is 1. The van der Waals surface area contributed by atoms with Crippen LogP contribution >= 0.6 is 0 Å². The summed E-state index contributed by atoms with van der Waals surface area (Å²) in [5.41, 5.74) is 0. The molecule has 1 rings (SSSR count). The minimum absolute atomic E-state index is 0.0737. The van der Waals surface area contributed by atoms with Crippen LogP contribution < -0.4 is 0 Å². The molecule has 2 nitrogen and oxygen atoms in total. The van der Waals surface area contributed by atoms with E-state index in [1.54, 1.807) is 0 Å². The highest BCUT2D eigenvalue weighted by atomic mass is 16.3.